The van der Waals surface area contributed by atoms with Crippen LogP contribution in [0.2, 0.25) is 0 Å². The Balaban J connectivity index is 1.78. The van der Waals surface area contributed by atoms with Gasteiger partial charge in [-0.1, -0.05) is 17.3 Å². The van der Waals surface area contributed by atoms with E-state index in [1.807, 2.05) is 12.1 Å². The first-order valence-electron chi connectivity index (χ1n) is 7.53. The Morgan fingerprint density at radius 1 is 1.12 bits per heavy atom. The van der Waals surface area contributed by atoms with Gasteiger partial charge in [0.05, 0.1) is 30.8 Å². The molecule has 9 nitrogen and oxygen atoms in total. The van der Waals surface area contributed by atoms with Crippen LogP contribution < -0.4 is 14.2 Å². The standard InChI is InChI=1S/C17H15N3O6/c1-23-11-7-8-15(13(9-11)20(21)22)25-10-16-18-17(19-26-16)12-5-3-4-6-14(12)24-2/h3-9H,10H2,1-2H3. The number of aromatic nitrogens is 2. The van der Waals surface area contributed by atoms with Gasteiger partial charge in [0.2, 0.25) is 5.82 Å². The van der Waals surface area contributed by atoms with Gasteiger partial charge in [-0.05, 0) is 24.3 Å². The van der Waals surface area contributed by atoms with Crippen LogP contribution in [0, 0.1) is 10.1 Å². The third-order valence-electron chi connectivity index (χ3n) is 3.53. The summed E-state index contributed by atoms with van der Waals surface area (Å²) in [6, 6.07) is 11.5. The van der Waals surface area contributed by atoms with Crippen molar-refractivity contribution in [1.82, 2.24) is 10.1 Å². The first kappa shape index (κ1) is 17.2. The van der Waals surface area contributed by atoms with Crippen LogP contribution >= 0.6 is 0 Å². The molecule has 3 aromatic rings. The minimum Gasteiger partial charge on any atom is -0.496 e. The van der Waals surface area contributed by atoms with E-state index in [-0.39, 0.29) is 23.9 Å². The molecule has 3 rings (SSSR count). The van der Waals surface area contributed by atoms with Crippen molar-refractivity contribution < 1.29 is 23.7 Å². The van der Waals surface area contributed by atoms with E-state index in [1.54, 1.807) is 25.3 Å². The number of ether oxygens (including phenoxy) is 3. The maximum absolute atomic E-state index is 11.2. The van der Waals surface area contributed by atoms with Gasteiger partial charge in [0, 0.05) is 0 Å². The first-order valence-corrected chi connectivity index (χ1v) is 7.53. The molecule has 0 saturated heterocycles. The molecule has 0 aliphatic rings. The van der Waals surface area contributed by atoms with Gasteiger partial charge in [0.1, 0.15) is 11.5 Å². The van der Waals surface area contributed by atoms with Gasteiger partial charge in [-0.15, -0.1) is 0 Å². The van der Waals surface area contributed by atoms with E-state index in [1.165, 1.54) is 19.2 Å². The average molecular weight is 357 g/mol. The molecule has 0 bridgehead atoms. The van der Waals surface area contributed by atoms with E-state index in [0.717, 1.165) is 0 Å². The number of methoxy groups -OCH3 is 2. The molecule has 0 atom stereocenters. The second-order valence-electron chi connectivity index (χ2n) is 5.09. The molecule has 0 fully saturated rings. The molecular weight excluding hydrogens is 342 g/mol. The summed E-state index contributed by atoms with van der Waals surface area (Å²) < 4.78 is 20.9. The van der Waals surface area contributed by atoms with Crippen LogP contribution in [0.25, 0.3) is 11.4 Å². The fourth-order valence-corrected chi connectivity index (χ4v) is 2.28. The van der Waals surface area contributed by atoms with Crippen molar-refractivity contribution in [2.45, 2.75) is 6.61 Å². The van der Waals surface area contributed by atoms with Crippen LogP contribution in [0.5, 0.6) is 17.2 Å². The highest BCUT2D eigenvalue weighted by molar-refractivity contribution is 5.63. The normalized spacial score (nSPS) is 10.4. The third-order valence-corrected chi connectivity index (χ3v) is 3.53. The fraction of sp³-hybridized carbons (Fsp3) is 0.176. The van der Waals surface area contributed by atoms with E-state index in [9.17, 15) is 10.1 Å². The van der Waals surface area contributed by atoms with Crippen molar-refractivity contribution in [3.63, 3.8) is 0 Å². The van der Waals surface area contributed by atoms with Crippen LogP contribution in [-0.2, 0) is 6.61 Å². The SMILES string of the molecule is COc1ccc(OCc2nc(-c3ccccc3OC)no2)c([N+](=O)[O-])c1. The van der Waals surface area contributed by atoms with Gasteiger partial charge in [0.15, 0.2) is 12.4 Å². The number of nitro groups is 1. The van der Waals surface area contributed by atoms with Crippen LogP contribution in [0.3, 0.4) is 0 Å². The lowest BCUT2D eigenvalue weighted by atomic mass is 10.2. The molecule has 0 unspecified atom stereocenters. The van der Waals surface area contributed by atoms with Crippen molar-refractivity contribution >= 4 is 5.69 Å². The highest BCUT2D eigenvalue weighted by Crippen LogP contribution is 2.32. The zero-order valence-electron chi connectivity index (χ0n) is 14.0. The molecule has 1 aromatic heterocycles. The first-order chi connectivity index (χ1) is 12.6. The second-order valence-corrected chi connectivity index (χ2v) is 5.09. The summed E-state index contributed by atoms with van der Waals surface area (Å²) >= 11 is 0. The molecule has 134 valence electrons. The van der Waals surface area contributed by atoms with Gasteiger partial charge in [-0.2, -0.15) is 4.98 Å². The Labute approximate surface area is 148 Å². The fourth-order valence-electron chi connectivity index (χ4n) is 2.28. The largest absolute Gasteiger partial charge is 0.496 e. The molecule has 26 heavy (non-hydrogen) atoms. The smallest absolute Gasteiger partial charge is 0.314 e. The summed E-state index contributed by atoms with van der Waals surface area (Å²) in [6.45, 7) is -0.116. The van der Waals surface area contributed by atoms with E-state index in [0.29, 0.717) is 22.9 Å². The number of hydrogen-bond acceptors (Lipinski definition) is 8. The maximum Gasteiger partial charge on any atom is 0.314 e. The van der Waals surface area contributed by atoms with Gasteiger partial charge in [-0.3, -0.25) is 10.1 Å². The highest BCUT2D eigenvalue weighted by Gasteiger charge is 2.18. The molecule has 9 heteroatoms. The van der Waals surface area contributed by atoms with Gasteiger partial charge in [0.25, 0.3) is 5.89 Å². The van der Waals surface area contributed by atoms with E-state index in [2.05, 4.69) is 10.1 Å². The molecule has 0 spiro atoms. The lowest BCUT2D eigenvalue weighted by molar-refractivity contribution is -0.386. The highest BCUT2D eigenvalue weighted by atomic mass is 16.6. The molecule has 0 N–H and O–H groups in total. The monoisotopic (exact) mass is 357 g/mol. The van der Waals surface area contributed by atoms with E-state index in [4.69, 9.17) is 18.7 Å². The summed E-state index contributed by atoms with van der Waals surface area (Å²) in [7, 11) is 2.98. The topological polar surface area (TPSA) is 110 Å². The molecule has 0 aliphatic carbocycles. The Morgan fingerprint density at radius 3 is 2.65 bits per heavy atom. The molecular formula is C17H15N3O6. The lowest BCUT2D eigenvalue weighted by Gasteiger charge is -2.06. The second kappa shape index (κ2) is 7.51. The molecule has 0 aliphatic heterocycles. The van der Waals surface area contributed by atoms with Gasteiger partial charge >= 0.3 is 5.69 Å². The van der Waals surface area contributed by atoms with E-state index >= 15 is 0 Å². The van der Waals surface area contributed by atoms with Crippen molar-refractivity contribution in [2.24, 2.45) is 0 Å². The molecule has 2 aromatic carbocycles. The van der Waals surface area contributed by atoms with Crippen LogP contribution in [0.1, 0.15) is 5.89 Å². The maximum atomic E-state index is 11.2. The number of nitro benzene ring substituents is 1. The molecule has 0 amide bonds. The Morgan fingerprint density at radius 2 is 1.92 bits per heavy atom. The van der Waals surface area contributed by atoms with E-state index < -0.39 is 4.92 Å². The van der Waals surface area contributed by atoms with Crippen LogP contribution in [0.4, 0.5) is 5.69 Å². The number of rotatable bonds is 7. The minimum atomic E-state index is -0.550. The zero-order valence-corrected chi connectivity index (χ0v) is 14.0. The Kier molecular flexibility index (Phi) is 4.97. The summed E-state index contributed by atoms with van der Waals surface area (Å²) in [4.78, 5) is 14.9. The number of hydrogen-bond donors (Lipinski definition) is 0. The number of nitrogens with zero attached hydrogens (tertiary/aromatic N) is 3. The summed E-state index contributed by atoms with van der Waals surface area (Å²) in [5.74, 6) is 1.56. The average Bonchev–Trinajstić information content (AvgIpc) is 3.15. The predicted molar refractivity (Wildman–Crippen MR) is 90.3 cm³/mol. The quantitative estimate of drug-likeness (QED) is 0.468. The predicted octanol–water partition coefficient (Wildman–Crippen LogP) is 3.24. The third kappa shape index (κ3) is 3.56. The van der Waals surface area contributed by atoms with Crippen molar-refractivity contribution in [3.8, 4) is 28.6 Å². The Bertz CT molecular complexity index is 924. The van der Waals surface area contributed by atoms with Crippen molar-refractivity contribution in [2.75, 3.05) is 14.2 Å². The van der Waals surface area contributed by atoms with Crippen LogP contribution in [0.15, 0.2) is 47.0 Å². The number of benzene rings is 2. The lowest BCUT2D eigenvalue weighted by Crippen LogP contribution is -2.00. The minimum absolute atomic E-state index is 0.0767. The zero-order chi connectivity index (χ0) is 18.5. The van der Waals surface area contributed by atoms with Crippen molar-refractivity contribution in [1.29, 1.82) is 0 Å². The molecule has 0 radical (unpaired) electrons. The summed E-state index contributed by atoms with van der Waals surface area (Å²) in [6.07, 6.45) is 0. The molecule has 0 saturated carbocycles. The summed E-state index contributed by atoms with van der Waals surface area (Å²) in [5, 5.41) is 15.1. The number of para-hydroxylation sites is 1. The summed E-state index contributed by atoms with van der Waals surface area (Å²) in [5.41, 5.74) is 0.453. The Hall–Kier alpha value is -3.62. The van der Waals surface area contributed by atoms with Crippen molar-refractivity contribution in [3.05, 3.63) is 58.5 Å². The van der Waals surface area contributed by atoms with Gasteiger partial charge in [-0.25, -0.2) is 0 Å². The van der Waals surface area contributed by atoms with Crippen LogP contribution in [-0.4, -0.2) is 29.3 Å². The van der Waals surface area contributed by atoms with Gasteiger partial charge < -0.3 is 18.7 Å². The molecule has 1 heterocycles.